The van der Waals surface area contributed by atoms with Crippen LogP contribution in [0.5, 0.6) is 0 Å². The van der Waals surface area contributed by atoms with Crippen molar-refractivity contribution in [1.29, 1.82) is 0 Å². The molecule has 0 aliphatic heterocycles. The highest BCUT2D eigenvalue weighted by Crippen LogP contribution is 2.49. The van der Waals surface area contributed by atoms with Gasteiger partial charge in [0.05, 0.1) is 0 Å². The third-order valence-corrected chi connectivity index (χ3v) is 1.45. The fourth-order valence-electron chi connectivity index (χ4n) is 0.550. The van der Waals surface area contributed by atoms with E-state index in [-0.39, 0.29) is 0 Å². The summed E-state index contributed by atoms with van der Waals surface area (Å²) in [5, 5.41) is 7.60. The molecule has 0 aliphatic rings. The summed E-state index contributed by atoms with van der Waals surface area (Å²) in [7, 11) is 0. The largest absolute Gasteiger partial charge is 0.477 e. The molecule has 0 aliphatic carbocycles. The summed E-state index contributed by atoms with van der Waals surface area (Å²) in [5.41, 5.74) is 0. The van der Waals surface area contributed by atoms with Gasteiger partial charge >= 0.3 is 23.7 Å². The zero-order chi connectivity index (χ0) is 13.4. The van der Waals surface area contributed by atoms with Crippen molar-refractivity contribution in [2.75, 3.05) is 0 Å². The van der Waals surface area contributed by atoms with Crippen LogP contribution in [0.2, 0.25) is 0 Å². The van der Waals surface area contributed by atoms with Gasteiger partial charge in [-0.15, -0.1) is 0 Å². The molecule has 0 radical (unpaired) electrons. The molecule has 0 amide bonds. The standard InChI is InChI=1S/C6H2F8O2/c7-1-2(8)4(9,10)6(13,14)5(11,12)3(15)16/h1H,(H,15,16)/b2-1-. The Balaban J connectivity index is 5.61. The number of hydrogen-bond acceptors (Lipinski definition) is 1. The number of carboxylic acid groups (broad SMARTS) is 1. The molecule has 0 saturated heterocycles. The van der Waals surface area contributed by atoms with Crippen molar-refractivity contribution >= 4 is 5.97 Å². The lowest BCUT2D eigenvalue weighted by molar-refractivity contribution is -0.295. The van der Waals surface area contributed by atoms with Crippen LogP contribution in [-0.4, -0.2) is 28.8 Å². The summed E-state index contributed by atoms with van der Waals surface area (Å²) >= 11 is 0. The fraction of sp³-hybridized carbons (Fsp3) is 0.500. The van der Waals surface area contributed by atoms with Gasteiger partial charge in [-0.3, -0.25) is 0 Å². The van der Waals surface area contributed by atoms with Gasteiger partial charge in [0.1, 0.15) is 6.33 Å². The molecule has 0 saturated carbocycles. The van der Waals surface area contributed by atoms with Crippen molar-refractivity contribution in [3.8, 4) is 0 Å². The molecule has 10 heteroatoms. The van der Waals surface area contributed by atoms with E-state index in [2.05, 4.69) is 0 Å². The van der Waals surface area contributed by atoms with E-state index < -0.39 is 35.9 Å². The Labute approximate surface area is 82.2 Å². The number of halogens is 8. The van der Waals surface area contributed by atoms with Crippen LogP contribution in [0.1, 0.15) is 0 Å². The predicted octanol–water partition coefficient (Wildman–Crippen LogP) is 2.76. The zero-order valence-electron chi connectivity index (χ0n) is 6.96. The molecule has 2 nitrogen and oxygen atoms in total. The van der Waals surface area contributed by atoms with Gasteiger partial charge in [0, 0.05) is 0 Å². The van der Waals surface area contributed by atoms with E-state index in [1.165, 1.54) is 0 Å². The maximum Gasteiger partial charge on any atom is 0.411 e. The van der Waals surface area contributed by atoms with Crippen LogP contribution in [0.3, 0.4) is 0 Å². The Morgan fingerprint density at radius 1 is 1.00 bits per heavy atom. The molecule has 16 heavy (non-hydrogen) atoms. The summed E-state index contributed by atoms with van der Waals surface area (Å²) in [6.45, 7) is 0. The van der Waals surface area contributed by atoms with Gasteiger partial charge in [-0.05, 0) is 0 Å². The average Bonchev–Trinajstić information content (AvgIpc) is 2.15. The summed E-state index contributed by atoms with van der Waals surface area (Å²) < 4.78 is 96.8. The quantitative estimate of drug-likeness (QED) is 0.787. The molecule has 0 heterocycles. The minimum absolute atomic E-state index is 1.66. The second kappa shape index (κ2) is 3.91. The van der Waals surface area contributed by atoms with E-state index in [1.54, 1.807) is 0 Å². The monoisotopic (exact) mass is 258 g/mol. The Morgan fingerprint density at radius 3 is 1.62 bits per heavy atom. The minimum atomic E-state index is -6.61. The van der Waals surface area contributed by atoms with Crippen LogP contribution >= 0.6 is 0 Å². The minimum Gasteiger partial charge on any atom is -0.477 e. The van der Waals surface area contributed by atoms with Crippen LogP contribution in [0, 0.1) is 0 Å². The molecule has 0 aromatic heterocycles. The van der Waals surface area contributed by atoms with E-state index >= 15 is 0 Å². The van der Waals surface area contributed by atoms with E-state index in [0.29, 0.717) is 0 Å². The smallest absolute Gasteiger partial charge is 0.411 e. The van der Waals surface area contributed by atoms with Crippen LogP contribution in [0.25, 0.3) is 0 Å². The molecule has 0 spiro atoms. The van der Waals surface area contributed by atoms with Crippen LogP contribution < -0.4 is 0 Å². The van der Waals surface area contributed by atoms with Crippen LogP contribution in [0.15, 0.2) is 12.2 Å². The first kappa shape index (κ1) is 14.7. The number of rotatable bonds is 4. The van der Waals surface area contributed by atoms with E-state index in [0.717, 1.165) is 0 Å². The number of allylic oxidation sites excluding steroid dienone is 1. The number of aliphatic carboxylic acids is 1. The first-order valence-electron chi connectivity index (χ1n) is 3.26. The number of hydrogen-bond donors (Lipinski definition) is 1. The van der Waals surface area contributed by atoms with Crippen molar-refractivity contribution < 1.29 is 45.0 Å². The molecule has 0 unspecified atom stereocenters. The molecule has 0 atom stereocenters. The number of carbonyl (C=O) groups is 1. The highest BCUT2D eigenvalue weighted by atomic mass is 19.3. The Kier molecular flexibility index (Phi) is 3.58. The van der Waals surface area contributed by atoms with Crippen LogP contribution in [0.4, 0.5) is 35.1 Å². The van der Waals surface area contributed by atoms with E-state index in [9.17, 15) is 39.9 Å². The second-order valence-corrected chi connectivity index (χ2v) is 2.49. The molecule has 0 fully saturated rings. The zero-order valence-corrected chi connectivity index (χ0v) is 6.96. The van der Waals surface area contributed by atoms with Gasteiger partial charge in [-0.25, -0.2) is 13.6 Å². The van der Waals surface area contributed by atoms with Gasteiger partial charge in [0.15, 0.2) is 0 Å². The van der Waals surface area contributed by atoms with Crippen molar-refractivity contribution in [3.05, 3.63) is 12.2 Å². The third-order valence-electron chi connectivity index (χ3n) is 1.45. The number of alkyl halides is 6. The first-order chi connectivity index (χ1) is 6.92. The lowest BCUT2D eigenvalue weighted by atomic mass is 10.0. The molecule has 0 aromatic rings. The first-order valence-corrected chi connectivity index (χ1v) is 3.26. The van der Waals surface area contributed by atoms with Crippen molar-refractivity contribution in [2.45, 2.75) is 17.8 Å². The Morgan fingerprint density at radius 2 is 1.38 bits per heavy atom. The molecule has 0 rings (SSSR count). The van der Waals surface area contributed by atoms with Gasteiger partial charge in [0.2, 0.25) is 5.83 Å². The molecule has 0 aromatic carbocycles. The predicted molar refractivity (Wildman–Crippen MR) is 32.8 cm³/mol. The molecular weight excluding hydrogens is 256 g/mol. The van der Waals surface area contributed by atoms with E-state index in [4.69, 9.17) is 5.11 Å². The molecule has 0 bridgehead atoms. The van der Waals surface area contributed by atoms with E-state index in [1.807, 2.05) is 0 Å². The summed E-state index contributed by atoms with van der Waals surface area (Å²) in [6.07, 6.45) is -1.66. The third kappa shape index (κ3) is 1.83. The maximum absolute atomic E-state index is 12.3. The molecule has 1 N–H and O–H groups in total. The molecular formula is C6H2F8O2. The van der Waals surface area contributed by atoms with Crippen LogP contribution in [-0.2, 0) is 4.79 Å². The fourth-order valence-corrected chi connectivity index (χ4v) is 0.550. The van der Waals surface area contributed by atoms with Gasteiger partial charge < -0.3 is 5.11 Å². The highest BCUT2D eigenvalue weighted by molar-refractivity contribution is 5.77. The maximum atomic E-state index is 12.3. The van der Waals surface area contributed by atoms with Gasteiger partial charge in [0.25, 0.3) is 0 Å². The second-order valence-electron chi connectivity index (χ2n) is 2.49. The lowest BCUT2D eigenvalue weighted by Gasteiger charge is -2.28. The topological polar surface area (TPSA) is 37.3 Å². The lowest BCUT2D eigenvalue weighted by Crippen LogP contribution is -2.58. The van der Waals surface area contributed by atoms with Gasteiger partial charge in [-0.1, -0.05) is 0 Å². The summed E-state index contributed by atoms with van der Waals surface area (Å²) in [5.74, 6) is -26.2. The Hall–Kier alpha value is -1.35. The average molecular weight is 258 g/mol. The molecule has 94 valence electrons. The number of carboxylic acids is 1. The van der Waals surface area contributed by atoms with Crippen molar-refractivity contribution in [3.63, 3.8) is 0 Å². The summed E-state index contributed by atoms with van der Waals surface area (Å²) in [4.78, 5) is 9.63. The normalized spacial score (nSPS) is 15.1. The van der Waals surface area contributed by atoms with Crippen molar-refractivity contribution in [1.82, 2.24) is 0 Å². The summed E-state index contributed by atoms with van der Waals surface area (Å²) in [6, 6.07) is 0. The van der Waals surface area contributed by atoms with Crippen molar-refractivity contribution in [2.24, 2.45) is 0 Å². The SMILES string of the molecule is O=C(O)C(F)(F)C(F)(F)C(F)(F)/C(F)=C/F. The van der Waals surface area contributed by atoms with Gasteiger partial charge in [-0.2, -0.15) is 26.3 Å². The highest BCUT2D eigenvalue weighted by Gasteiger charge is 2.77. The Bertz CT molecular complexity index is 320.